The highest BCUT2D eigenvalue weighted by molar-refractivity contribution is 7.04. The molecule has 2 fully saturated rings. The van der Waals surface area contributed by atoms with E-state index in [0.29, 0.717) is 0 Å². The molecule has 0 saturated carbocycles. The lowest BCUT2D eigenvalue weighted by molar-refractivity contribution is 0.597. The molecule has 0 aromatic carbocycles. The first kappa shape index (κ1) is 27.5. The van der Waals surface area contributed by atoms with E-state index in [1.165, 1.54) is 18.9 Å². The first-order chi connectivity index (χ1) is 14.0. The van der Waals surface area contributed by atoms with Crippen LogP contribution in [0, 0.1) is 0 Å². The molecule has 0 amide bonds. The second kappa shape index (κ2) is 11.2. The quantitative estimate of drug-likeness (QED) is 0.222. The zero-order valence-corrected chi connectivity index (χ0v) is 30.5. The fourth-order valence-electron chi connectivity index (χ4n) is 7.94. The minimum atomic E-state index is -1.11. The van der Waals surface area contributed by atoms with Crippen LogP contribution in [-0.2, 0) is 0 Å². The van der Waals surface area contributed by atoms with Crippen LogP contribution < -0.4 is 0 Å². The Morgan fingerprint density at radius 3 is 2.30 bits per heavy atom. The SMILES string of the molecule is CCCC[SiH2]C1(C)CCCC[SiH]1C[SiH]1CCC1([SiH3])[SiH](C)C(C)(C)[Si](C)(CC)CCC. The standard InChI is InChI=1S/C24H58Si6/c1-9-12-17-26-23(6)15-13-14-18-28(23)21-29-19-16-24(29,25)27(7)22(4,5)30(8,11-3)20-10-2/h27-29H,9-21,26H2,1-8,25H3. The Balaban J connectivity index is 2.14. The summed E-state index contributed by atoms with van der Waals surface area (Å²) in [7, 11) is -0.992. The highest BCUT2D eigenvalue weighted by Gasteiger charge is 2.57. The second-order valence-electron chi connectivity index (χ2n) is 13.1. The Morgan fingerprint density at radius 2 is 1.77 bits per heavy atom. The molecule has 0 bridgehead atoms. The van der Waals surface area contributed by atoms with Crippen LogP contribution in [-0.4, -0.2) is 54.2 Å². The Hall–Kier alpha value is 1.30. The molecular formula is C24H58Si6. The summed E-state index contributed by atoms with van der Waals surface area (Å²) in [4.78, 5) is 0. The molecule has 2 saturated heterocycles. The molecule has 2 rings (SSSR count). The molecule has 6 heteroatoms. The molecule has 0 aliphatic carbocycles. The first-order valence-electron chi connectivity index (χ1n) is 14.0. The molecule has 0 nitrogen and oxygen atoms in total. The van der Waals surface area contributed by atoms with Gasteiger partial charge in [-0.3, -0.25) is 0 Å². The number of rotatable bonds is 12. The maximum Gasteiger partial charge on any atom is 0.0529 e. The van der Waals surface area contributed by atoms with Gasteiger partial charge in [-0.1, -0.05) is 140 Å². The van der Waals surface area contributed by atoms with Crippen molar-refractivity contribution in [1.29, 1.82) is 0 Å². The van der Waals surface area contributed by atoms with Gasteiger partial charge >= 0.3 is 0 Å². The molecule has 6 unspecified atom stereocenters. The van der Waals surface area contributed by atoms with Gasteiger partial charge in [-0.05, 0) is 9.32 Å². The van der Waals surface area contributed by atoms with Crippen molar-refractivity contribution >= 4 is 54.2 Å². The molecule has 2 aliphatic heterocycles. The summed E-state index contributed by atoms with van der Waals surface area (Å²) in [6.07, 6.45) is 11.0. The number of hydrogen-bond acceptors (Lipinski definition) is 0. The van der Waals surface area contributed by atoms with Crippen LogP contribution >= 0.6 is 0 Å². The molecule has 0 radical (unpaired) electrons. The third kappa shape index (κ3) is 5.50. The summed E-state index contributed by atoms with van der Waals surface area (Å²) in [5.41, 5.74) is 1.92. The second-order valence-corrected chi connectivity index (χ2v) is 40.6. The molecule has 0 N–H and O–H groups in total. The van der Waals surface area contributed by atoms with E-state index in [1.54, 1.807) is 66.5 Å². The predicted octanol–water partition coefficient (Wildman–Crippen LogP) is 5.96. The molecular weight excluding hydrogens is 457 g/mol. The normalized spacial score (nSPS) is 36.0. The largest absolute Gasteiger partial charge is 0.0718 e. The molecule has 2 heterocycles. The van der Waals surface area contributed by atoms with E-state index >= 15 is 0 Å². The van der Waals surface area contributed by atoms with Crippen molar-refractivity contribution in [2.45, 2.75) is 149 Å². The summed E-state index contributed by atoms with van der Waals surface area (Å²) in [5, 5.41) is 0. The van der Waals surface area contributed by atoms with Crippen molar-refractivity contribution in [1.82, 2.24) is 0 Å². The Morgan fingerprint density at radius 1 is 1.07 bits per heavy atom. The maximum atomic E-state index is 2.90. The summed E-state index contributed by atoms with van der Waals surface area (Å²) in [6.45, 7) is 21.6. The van der Waals surface area contributed by atoms with Gasteiger partial charge in [0, 0.05) is 46.2 Å². The van der Waals surface area contributed by atoms with E-state index in [1.807, 2.05) is 5.67 Å². The zero-order chi connectivity index (χ0) is 22.6. The molecule has 0 aromatic heterocycles. The Bertz CT molecular complexity index is 540. The summed E-state index contributed by atoms with van der Waals surface area (Å²) < 4.78 is 2.81. The summed E-state index contributed by atoms with van der Waals surface area (Å²) >= 11 is 0. The van der Waals surface area contributed by atoms with E-state index in [2.05, 4.69) is 54.6 Å². The van der Waals surface area contributed by atoms with E-state index in [9.17, 15) is 0 Å². The average Bonchev–Trinajstić information content (AvgIpc) is 2.71. The van der Waals surface area contributed by atoms with Gasteiger partial charge in [0.2, 0.25) is 0 Å². The van der Waals surface area contributed by atoms with Gasteiger partial charge in [-0.25, -0.2) is 0 Å². The molecule has 30 heavy (non-hydrogen) atoms. The summed E-state index contributed by atoms with van der Waals surface area (Å²) in [6, 6.07) is 8.33. The van der Waals surface area contributed by atoms with Crippen molar-refractivity contribution in [3.63, 3.8) is 0 Å². The van der Waals surface area contributed by atoms with E-state index in [-0.39, 0.29) is 9.52 Å². The zero-order valence-electron chi connectivity index (χ0n) is 22.6. The molecule has 0 spiro atoms. The predicted molar refractivity (Wildman–Crippen MR) is 161 cm³/mol. The van der Waals surface area contributed by atoms with Crippen LogP contribution in [0.25, 0.3) is 0 Å². The van der Waals surface area contributed by atoms with Crippen molar-refractivity contribution in [2.24, 2.45) is 0 Å². The summed E-state index contributed by atoms with van der Waals surface area (Å²) in [5.74, 6) is 0. The van der Waals surface area contributed by atoms with Crippen LogP contribution in [0.5, 0.6) is 0 Å². The van der Waals surface area contributed by atoms with Gasteiger partial charge in [0.25, 0.3) is 0 Å². The van der Waals surface area contributed by atoms with Crippen LogP contribution in [0.15, 0.2) is 0 Å². The van der Waals surface area contributed by atoms with Gasteiger partial charge in [0.1, 0.15) is 0 Å². The van der Waals surface area contributed by atoms with Crippen molar-refractivity contribution in [3.05, 3.63) is 0 Å². The van der Waals surface area contributed by atoms with Gasteiger partial charge in [0.15, 0.2) is 0 Å². The lowest BCUT2D eigenvalue weighted by Crippen LogP contribution is -2.62. The number of unbranched alkanes of at least 4 members (excludes halogenated alkanes) is 1. The van der Waals surface area contributed by atoms with E-state index < -0.39 is 34.5 Å². The van der Waals surface area contributed by atoms with Crippen molar-refractivity contribution < 1.29 is 0 Å². The Kier molecular flexibility index (Phi) is 10.2. The lowest BCUT2D eigenvalue weighted by Gasteiger charge is -2.60. The van der Waals surface area contributed by atoms with Crippen LogP contribution in [0.4, 0.5) is 0 Å². The lowest BCUT2D eigenvalue weighted by atomic mass is 10.2. The Labute approximate surface area is 202 Å². The van der Waals surface area contributed by atoms with Gasteiger partial charge in [-0.15, -0.1) is 0 Å². The minimum absolute atomic E-state index is 0.182. The molecule has 6 atom stereocenters. The fourth-order valence-corrected chi connectivity index (χ4v) is 52.1. The monoisotopic (exact) mass is 514 g/mol. The molecule has 2 aliphatic rings. The van der Waals surface area contributed by atoms with E-state index in [4.69, 9.17) is 0 Å². The third-order valence-corrected chi connectivity index (χ3v) is 50.2. The minimum Gasteiger partial charge on any atom is -0.0718 e. The van der Waals surface area contributed by atoms with Crippen molar-refractivity contribution in [2.75, 3.05) is 0 Å². The van der Waals surface area contributed by atoms with Gasteiger partial charge in [0.05, 0.1) is 8.07 Å². The van der Waals surface area contributed by atoms with Crippen LogP contribution in [0.3, 0.4) is 0 Å². The highest BCUT2D eigenvalue weighted by Crippen LogP contribution is 2.59. The van der Waals surface area contributed by atoms with Gasteiger partial charge < -0.3 is 0 Å². The fraction of sp³-hybridized carbons (Fsp3) is 1.00. The van der Waals surface area contributed by atoms with Crippen LogP contribution in [0.1, 0.15) is 86.5 Å². The number of hydrogen-bond donors (Lipinski definition) is 0. The molecule has 178 valence electrons. The first-order valence-corrected chi connectivity index (χ1v) is 26.4. The smallest absolute Gasteiger partial charge is 0.0529 e. The third-order valence-electron chi connectivity index (χ3n) is 11.6. The van der Waals surface area contributed by atoms with Crippen molar-refractivity contribution in [3.8, 4) is 0 Å². The van der Waals surface area contributed by atoms with E-state index in [0.717, 1.165) is 13.6 Å². The van der Waals surface area contributed by atoms with Crippen LogP contribution in [0.2, 0.25) is 62.6 Å². The maximum absolute atomic E-state index is 2.90. The average molecular weight is 515 g/mol. The molecule has 0 aromatic rings. The van der Waals surface area contributed by atoms with Gasteiger partial charge in [-0.2, -0.15) is 0 Å². The highest BCUT2D eigenvalue weighted by atomic mass is 28.4. The topological polar surface area (TPSA) is 0 Å².